The smallest absolute Gasteiger partial charge is 0.387 e. The first-order valence-electron chi connectivity index (χ1n) is 8.19. The Kier molecular flexibility index (Phi) is 6.99. The average molecular weight is 340 g/mol. The number of halogens is 2. The molecule has 0 saturated carbocycles. The highest BCUT2D eigenvalue weighted by Crippen LogP contribution is 2.29. The number of hydrogen-bond acceptors (Lipinski definition) is 4. The maximum Gasteiger partial charge on any atom is 0.387 e. The molecule has 134 valence electrons. The maximum absolute atomic E-state index is 12.5. The Labute approximate surface area is 142 Å². The summed E-state index contributed by atoms with van der Waals surface area (Å²) in [5.74, 6) is 0.384. The molecule has 0 aliphatic carbocycles. The summed E-state index contributed by atoms with van der Waals surface area (Å²) in [4.78, 5) is 2.41. The summed E-state index contributed by atoms with van der Waals surface area (Å²) >= 11 is 0. The predicted molar refractivity (Wildman–Crippen MR) is 90.7 cm³/mol. The third-order valence-electron chi connectivity index (χ3n) is 4.12. The van der Waals surface area contributed by atoms with Crippen LogP contribution in [0.2, 0.25) is 0 Å². The molecule has 1 heterocycles. The summed E-state index contributed by atoms with van der Waals surface area (Å²) in [7, 11) is 1.43. The standard InChI is InChI=1S/C18H26F2N2O2/c1-13(2)12-22-8-6-15(7-9-22)21-11-14-4-5-16(23-3)17(10-14)24-18(19)20/h4-5,10,15,18,21H,1,6-9,11-12H2,2-3H3. The Morgan fingerprint density at radius 1 is 1.33 bits per heavy atom. The molecule has 1 aromatic carbocycles. The number of alkyl halides is 2. The van der Waals surface area contributed by atoms with Crippen LogP contribution in [0.5, 0.6) is 11.5 Å². The molecule has 1 fully saturated rings. The minimum Gasteiger partial charge on any atom is -0.493 e. The van der Waals surface area contributed by atoms with Gasteiger partial charge >= 0.3 is 6.61 Å². The number of nitrogens with one attached hydrogen (secondary N) is 1. The highest BCUT2D eigenvalue weighted by atomic mass is 19.3. The number of rotatable bonds is 8. The minimum atomic E-state index is -2.86. The summed E-state index contributed by atoms with van der Waals surface area (Å²) in [6.45, 7) is 6.82. The number of likely N-dealkylation sites (tertiary alicyclic amines) is 1. The molecule has 1 N–H and O–H groups in total. The Hall–Kier alpha value is -1.66. The van der Waals surface area contributed by atoms with Gasteiger partial charge in [0.1, 0.15) is 0 Å². The van der Waals surface area contributed by atoms with Gasteiger partial charge in [0.15, 0.2) is 11.5 Å². The van der Waals surface area contributed by atoms with Crippen LogP contribution in [0.25, 0.3) is 0 Å². The van der Waals surface area contributed by atoms with Gasteiger partial charge in [0.2, 0.25) is 0 Å². The second-order valence-electron chi connectivity index (χ2n) is 6.25. The lowest BCUT2D eigenvalue weighted by atomic mass is 10.0. The zero-order valence-electron chi connectivity index (χ0n) is 14.4. The highest BCUT2D eigenvalue weighted by Gasteiger charge is 2.19. The van der Waals surface area contributed by atoms with Crippen LogP contribution in [0.3, 0.4) is 0 Å². The van der Waals surface area contributed by atoms with Crippen LogP contribution < -0.4 is 14.8 Å². The van der Waals surface area contributed by atoms with Crippen LogP contribution in [0.1, 0.15) is 25.3 Å². The fourth-order valence-electron chi connectivity index (χ4n) is 2.96. The van der Waals surface area contributed by atoms with Crippen LogP contribution in [-0.2, 0) is 6.54 Å². The van der Waals surface area contributed by atoms with Gasteiger partial charge in [-0.2, -0.15) is 8.78 Å². The molecule has 0 aromatic heterocycles. The molecule has 1 aromatic rings. The molecule has 0 spiro atoms. The lowest BCUT2D eigenvalue weighted by Gasteiger charge is -2.32. The van der Waals surface area contributed by atoms with Crippen LogP contribution in [0.15, 0.2) is 30.4 Å². The Morgan fingerprint density at radius 2 is 2.04 bits per heavy atom. The zero-order chi connectivity index (χ0) is 17.5. The molecule has 0 amide bonds. The van der Waals surface area contributed by atoms with E-state index in [1.807, 2.05) is 13.0 Å². The van der Waals surface area contributed by atoms with Crippen LogP contribution in [-0.4, -0.2) is 44.3 Å². The van der Waals surface area contributed by atoms with E-state index >= 15 is 0 Å². The fraction of sp³-hybridized carbons (Fsp3) is 0.556. The van der Waals surface area contributed by atoms with E-state index in [-0.39, 0.29) is 5.75 Å². The van der Waals surface area contributed by atoms with Gasteiger partial charge in [0, 0.05) is 19.1 Å². The molecular formula is C18H26F2N2O2. The summed E-state index contributed by atoms with van der Waals surface area (Å²) < 4.78 is 34.5. The second-order valence-corrected chi connectivity index (χ2v) is 6.25. The third kappa shape index (κ3) is 5.76. The molecule has 0 atom stereocenters. The van der Waals surface area contributed by atoms with Gasteiger partial charge in [-0.05, 0) is 50.6 Å². The van der Waals surface area contributed by atoms with Crippen LogP contribution in [0, 0.1) is 0 Å². The molecule has 1 saturated heterocycles. The summed E-state index contributed by atoms with van der Waals surface area (Å²) in [5.41, 5.74) is 2.09. The first-order valence-corrected chi connectivity index (χ1v) is 8.19. The average Bonchev–Trinajstić information content (AvgIpc) is 2.53. The van der Waals surface area contributed by atoms with Crippen molar-refractivity contribution in [3.63, 3.8) is 0 Å². The van der Waals surface area contributed by atoms with E-state index in [0.29, 0.717) is 18.3 Å². The largest absolute Gasteiger partial charge is 0.493 e. The van der Waals surface area contributed by atoms with Gasteiger partial charge < -0.3 is 14.8 Å². The lowest BCUT2D eigenvalue weighted by Crippen LogP contribution is -2.42. The van der Waals surface area contributed by atoms with Crippen LogP contribution >= 0.6 is 0 Å². The van der Waals surface area contributed by atoms with E-state index in [4.69, 9.17) is 4.74 Å². The Balaban J connectivity index is 1.85. The number of piperidine rings is 1. The molecule has 2 rings (SSSR count). The normalized spacial score (nSPS) is 16.4. The number of nitrogens with zero attached hydrogens (tertiary/aromatic N) is 1. The molecule has 1 aliphatic rings. The van der Waals surface area contributed by atoms with E-state index < -0.39 is 6.61 Å². The molecule has 0 radical (unpaired) electrons. The number of benzene rings is 1. The molecule has 24 heavy (non-hydrogen) atoms. The van der Waals surface area contributed by atoms with Crippen molar-refractivity contribution in [2.24, 2.45) is 0 Å². The van der Waals surface area contributed by atoms with E-state index in [1.165, 1.54) is 12.7 Å². The summed E-state index contributed by atoms with van der Waals surface area (Å²) in [6, 6.07) is 5.56. The van der Waals surface area contributed by atoms with Crippen LogP contribution in [0.4, 0.5) is 8.78 Å². The topological polar surface area (TPSA) is 33.7 Å². The van der Waals surface area contributed by atoms with Crippen molar-refractivity contribution in [3.05, 3.63) is 35.9 Å². The molecule has 0 bridgehead atoms. The van der Waals surface area contributed by atoms with Crippen molar-refractivity contribution in [2.45, 2.75) is 39.0 Å². The van der Waals surface area contributed by atoms with Gasteiger partial charge in [-0.25, -0.2) is 0 Å². The predicted octanol–water partition coefficient (Wildman–Crippen LogP) is 3.43. The number of ether oxygens (including phenoxy) is 2. The molecule has 4 nitrogen and oxygen atoms in total. The second kappa shape index (κ2) is 8.99. The monoisotopic (exact) mass is 340 g/mol. The zero-order valence-corrected chi connectivity index (χ0v) is 14.4. The minimum absolute atomic E-state index is 0.0723. The highest BCUT2D eigenvalue weighted by molar-refractivity contribution is 5.43. The fourth-order valence-corrected chi connectivity index (χ4v) is 2.96. The van der Waals surface area contributed by atoms with Crippen molar-refractivity contribution in [3.8, 4) is 11.5 Å². The van der Waals surface area contributed by atoms with E-state index in [0.717, 1.165) is 38.0 Å². The van der Waals surface area contributed by atoms with Crippen molar-refractivity contribution in [2.75, 3.05) is 26.7 Å². The van der Waals surface area contributed by atoms with Crippen molar-refractivity contribution >= 4 is 0 Å². The molecular weight excluding hydrogens is 314 g/mol. The SMILES string of the molecule is C=C(C)CN1CCC(NCc2ccc(OC)c(OC(F)F)c2)CC1. The maximum atomic E-state index is 12.5. The van der Waals surface area contributed by atoms with E-state index in [2.05, 4.69) is 21.5 Å². The summed E-state index contributed by atoms with van der Waals surface area (Å²) in [5, 5.41) is 3.50. The third-order valence-corrected chi connectivity index (χ3v) is 4.12. The van der Waals surface area contributed by atoms with Gasteiger partial charge in [0.05, 0.1) is 7.11 Å². The Morgan fingerprint density at radius 3 is 2.62 bits per heavy atom. The van der Waals surface area contributed by atoms with Gasteiger partial charge in [0.25, 0.3) is 0 Å². The van der Waals surface area contributed by atoms with Crippen molar-refractivity contribution < 1.29 is 18.3 Å². The van der Waals surface area contributed by atoms with Crippen molar-refractivity contribution in [1.29, 1.82) is 0 Å². The van der Waals surface area contributed by atoms with E-state index in [9.17, 15) is 8.78 Å². The van der Waals surface area contributed by atoms with Gasteiger partial charge in [-0.3, -0.25) is 4.90 Å². The first kappa shape index (κ1) is 18.7. The van der Waals surface area contributed by atoms with Crippen molar-refractivity contribution in [1.82, 2.24) is 10.2 Å². The van der Waals surface area contributed by atoms with Gasteiger partial charge in [-0.15, -0.1) is 0 Å². The molecule has 1 aliphatic heterocycles. The molecule has 0 unspecified atom stereocenters. The summed E-state index contributed by atoms with van der Waals surface area (Å²) in [6.07, 6.45) is 2.15. The molecule has 6 heteroatoms. The Bertz CT molecular complexity index is 544. The number of methoxy groups -OCH3 is 1. The van der Waals surface area contributed by atoms with Gasteiger partial charge in [-0.1, -0.05) is 18.2 Å². The first-order chi connectivity index (χ1) is 11.5. The quantitative estimate of drug-likeness (QED) is 0.735. The van der Waals surface area contributed by atoms with E-state index in [1.54, 1.807) is 12.1 Å². The lowest BCUT2D eigenvalue weighted by molar-refractivity contribution is -0.0512. The number of hydrogen-bond donors (Lipinski definition) is 1.